The Hall–Kier alpha value is -0.790. The molecule has 1 heterocycles. The summed E-state index contributed by atoms with van der Waals surface area (Å²) in [6, 6.07) is 6.59. The Morgan fingerprint density at radius 2 is 2.00 bits per heavy atom. The van der Waals surface area contributed by atoms with E-state index in [2.05, 4.69) is 37.0 Å². The number of hydrogen-bond acceptors (Lipinski definition) is 1. The van der Waals surface area contributed by atoms with Crippen LogP contribution >= 0.6 is 11.6 Å². The lowest BCUT2D eigenvalue weighted by Gasteiger charge is -2.32. The topological polar surface area (TPSA) is 12.0 Å². The SMILES string of the molecule is C=C1CC(C2CCNCC2)c2ccc(Cl)cc2CC1CCC. The van der Waals surface area contributed by atoms with E-state index in [1.165, 1.54) is 43.2 Å². The zero-order valence-corrected chi connectivity index (χ0v) is 14.5. The van der Waals surface area contributed by atoms with Gasteiger partial charge in [0, 0.05) is 5.02 Å². The van der Waals surface area contributed by atoms with E-state index in [-0.39, 0.29) is 0 Å². The molecule has 1 aromatic carbocycles. The predicted molar refractivity (Wildman–Crippen MR) is 95.6 cm³/mol. The van der Waals surface area contributed by atoms with Gasteiger partial charge in [-0.2, -0.15) is 0 Å². The minimum Gasteiger partial charge on any atom is -0.317 e. The maximum Gasteiger partial charge on any atom is 0.0408 e. The average molecular weight is 318 g/mol. The Bertz CT molecular complexity index is 531. The smallest absolute Gasteiger partial charge is 0.0408 e. The molecule has 1 saturated heterocycles. The Balaban J connectivity index is 1.94. The molecule has 2 aliphatic rings. The van der Waals surface area contributed by atoms with Crippen LogP contribution in [0.4, 0.5) is 0 Å². The van der Waals surface area contributed by atoms with Crippen molar-refractivity contribution in [1.82, 2.24) is 5.32 Å². The fourth-order valence-electron chi connectivity index (χ4n) is 4.40. The van der Waals surface area contributed by atoms with Crippen molar-refractivity contribution in [1.29, 1.82) is 0 Å². The van der Waals surface area contributed by atoms with Crippen molar-refractivity contribution in [3.8, 4) is 0 Å². The molecule has 1 nitrogen and oxygen atoms in total. The van der Waals surface area contributed by atoms with Crippen molar-refractivity contribution in [2.24, 2.45) is 11.8 Å². The van der Waals surface area contributed by atoms with E-state index < -0.39 is 0 Å². The number of benzene rings is 1. The van der Waals surface area contributed by atoms with Gasteiger partial charge in [0.1, 0.15) is 0 Å². The zero-order chi connectivity index (χ0) is 15.5. The van der Waals surface area contributed by atoms with Crippen LogP contribution in [0.1, 0.15) is 56.1 Å². The lowest BCUT2D eigenvalue weighted by atomic mass is 9.76. The van der Waals surface area contributed by atoms with Crippen LogP contribution in [0.15, 0.2) is 30.4 Å². The molecular formula is C20H28ClN. The van der Waals surface area contributed by atoms with Crippen LogP contribution in [0.25, 0.3) is 0 Å². The van der Waals surface area contributed by atoms with Gasteiger partial charge in [-0.25, -0.2) is 0 Å². The van der Waals surface area contributed by atoms with Crippen LogP contribution in [0.3, 0.4) is 0 Å². The van der Waals surface area contributed by atoms with E-state index in [9.17, 15) is 0 Å². The van der Waals surface area contributed by atoms with Crippen LogP contribution < -0.4 is 5.32 Å². The third-order valence-corrected chi connectivity index (χ3v) is 5.86. The van der Waals surface area contributed by atoms with Gasteiger partial charge in [-0.3, -0.25) is 0 Å². The second kappa shape index (κ2) is 7.19. The lowest BCUT2D eigenvalue weighted by Crippen LogP contribution is -2.31. The van der Waals surface area contributed by atoms with Crippen LogP contribution in [-0.4, -0.2) is 13.1 Å². The Morgan fingerprint density at radius 1 is 1.23 bits per heavy atom. The molecule has 1 N–H and O–H groups in total. The van der Waals surface area contributed by atoms with Gasteiger partial charge in [0.15, 0.2) is 0 Å². The van der Waals surface area contributed by atoms with Gasteiger partial charge in [-0.1, -0.05) is 43.2 Å². The fraction of sp³-hybridized carbons (Fsp3) is 0.600. The molecule has 1 aliphatic carbocycles. The number of rotatable bonds is 3. The summed E-state index contributed by atoms with van der Waals surface area (Å²) in [5.41, 5.74) is 4.50. The second-order valence-corrected chi connectivity index (χ2v) is 7.53. The minimum absolute atomic E-state index is 0.633. The largest absolute Gasteiger partial charge is 0.317 e. The van der Waals surface area contributed by atoms with Crippen molar-refractivity contribution in [2.75, 3.05) is 13.1 Å². The van der Waals surface area contributed by atoms with Crippen molar-refractivity contribution >= 4 is 11.6 Å². The van der Waals surface area contributed by atoms with E-state index >= 15 is 0 Å². The lowest BCUT2D eigenvalue weighted by molar-refractivity contribution is 0.314. The number of hydrogen-bond donors (Lipinski definition) is 1. The number of nitrogens with one attached hydrogen (secondary N) is 1. The van der Waals surface area contributed by atoms with E-state index in [1.807, 2.05) is 0 Å². The van der Waals surface area contributed by atoms with E-state index in [1.54, 1.807) is 5.56 Å². The fourth-order valence-corrected chi connectivity index (χ4v) is 4.60. The summed E-state index contributed by atoms with van der Waals surface area (Å²) in [6.45, 7) is 9.08. The Kier molecular flexibility index (Phi) is 5.25. The van der Waals surface area contributed by atoms with Gasteiger partial charge in [0.05, 0.1) is 0 Å². The Labute approximate surface area is 140 Å². The summed E-state index contributed by atoms with van der Waals surface area (Å²) in [4.78, 5) is 0. The highest BCUT2D eigenvalue weighted by atomic mass is 35.5. The second-order valence-electron chi connectivity index (χ2n) is 7.09. The van der Waals surface area contributed by atoms with Gasteiger partial charge in [0.2, 0.25) is 0 Å². The van der Waals surface area contributed by atoms with Crippen molar-refractivity contribution in [3.05, 3.63) is 46.5 Å². The minimum atomic E-state index is 0.633. The molecule has 22 heavy (non-hydrogen) atoms. The Morgan fingerprint density at radius 3 is 2.73 bits per heavy atom. The predicted octanol–water partition coefficient (Wildman–Crippen LogP) is 5.34. The van der Waals surface area contributed by atoms with Crippen LogP contribution in [0.5, 0.6) is 0 Å². The molecule has 120 valence electrons. The maximum absolute atomic E-state index is 6.29. The molecule has 0 saturated carbocycles. The molecule has 0 spiro atoms. The molecule has 0 amide bonds. The first-order chi connectivity index (χ1) is 10.7. The molecule has 2 heteroatoms. The van der Waals surface area contributed by atoms with Crippen LogP contribution in [-0.2, 0) is 6.42 Å². The average Bonchev–Trinajstić information content (AvgIpc) is 2.66. The molecule has 1 aliphatic heterocycles. The van der Waals surface area contributed by atoms with Gasteiger partial charge in [-0.05, 0) is 86.2 Å². The third kappa shape index (κ3) is 3.41. The van der Waals surface area contributed by atoms with Gasteiger partial charge in [-0.15, -0.1) is 0 Å². The standard InChI is InChI=1S/C20H28ClN/c1-3-4-16-12-17-13-18(21)5-6-19(17)20(11-14(16)2)15-7-9-22-10-8-15/h5-6,13,15-16,20,22H,2-4,7-12H2,1H3. The zero-order valence-electron chi connectivity index (χ0n) is 13.7. The van der Waals surface area contributed by atoms with Crippen LogP contribution in [0.2, 0.25) is 5.02 Å². The van der Waals surface area contributed by atoms with E-state index in [0.717, 1.165) is 30.5 Å². The first kappa shape index (κ1) is 16.1. The van der Waals surface area contributed by atoms with Crippen LogP contribution in [0, 0.1) is 11.8 Å². The van der Waals surface area contributed by atoms with Gasteiger partial charge < -0.3 is 5.32 Å². The highest BCUT2D eigenvalue weighted by Gasteiger charge is 2.31. The summed E-state index contributed by atoms with van der Waals surface area (Å²) >= 11 is 6.29. The van der Waals surface area contributed by atoms with Gasteiger partial charge >= 0.3 is 0 Å². The quantitative estimate of drug-likeness (QED) is 0.586. The molecular weight excluding hydrogens is 290 g/mol. The molecule has 0 aromatic heterocycles. The summed E-state index contributed by atoms with van der Waals surface area (Å²) < 4.78 is 0. The molecule has 1 fully saturated rings. The number of halogens is 1. The van der Waals surface area contributed by atoms with Crippen molar-refractivity contribution in [2.45, 2.75) is 51.4 Å². The summed E-state index contributed by atoms with van der Waals surface area (Å²) in [7, 11) is 0. The first-order valence-electron chi connectivity index (χ1n) is 8.85. The maximum atomic E-state index is 6.29. The highest BCUT2D eigenvalue weighted by molar-refractivity contribution is 6.30. The van der Waals surface area contributed by atoms with E-state index in [0.29, 0.717) is 11.8 Å². The number of piperidine rings is 1. The molecule has 2 atom stereocenters. The number of allylic oxidation sites excluding steroid dienone is 1. The molecule has 3 rings (SSSR count). The number of fused-ring (bicyclic) bond motifs is 1. The highest BCUT2D eigenvalue weighted by Crippen LogP contribution is 2.43. The van der Waals surface area contributed by atoms with Crippen molar-refractivity contribution < 1.29 is 0 Å². The molecule has 0 bridgehead atoms. The first-order valence-corrected chi connectivity index (χ1v) is 9.23. The van der Waals surface area contributed by atoms with Gasteiger partial charge in [0.25, 0.3) is 0 Å². The normalized spacial score (nSPS) is 26.5. The monoisotopic (exact) mass is 317 g/mol. The molecule has 0 radical (unpaired) electrons. The summed E-state index contributed by atoms with van der Waals surface area (Å²) in [5.74, 6) is 2.07. The van der Waals surface area contributed by atoms with Crippen molar-refractivity contribution in [3.63, 3.8) is 0 Å². The third-order valence-electron chi connectivity index (χ3n) is 5.62. The molecule has 1 aromatic rings. The summed E-state index contributed by atoms with van der Waals surface area (Å²) in [5, 5.41) is 4.38. The molecule has 2 unspecified atom stereocenters. The van der Waals surface area contributed by atoms with E-state index in [4.69, 9.17) is 11.6 Å². The summed E-state index contributed by atoms with van der Waals surface area (Å²) in [6.07, 6.45) is 7.37.